The molecule has 0 radical (unpaired) electrons. The van der Waals surface area contributed by atoms with Crippen molar-refractivity contribution in [3.8, 4) is 0 Å². The number of piperidine rings is 1. The van der Waals surface area contributed by atoms with Crippen LogP contribution in [-0.4, -0.2) is 37.6 Å². The molecule has 1 atom stereocenters. The first-order valence-corrected chi connectivity index (χ1v) is 7.66. The zero-order chi connectivity index (χ0) is 15.2. The summed E-state index contributed by atoms with van der Waals surface area (Å²) in [4.78, 5) is 14.5. The van der Waals surface area contributed by atoms with Gasteiger partial charge in [0.2, 0.25) is 0 Å². The van der Waals surface area contributed by atoms with Gasteiger partial charge in [0.05, 0.1) is 0 Å². The minimum Gasteiger partial charge on any atom is -0.385 e. The first kappa shape index (κ1) is 16.0. The Hall–Kier alpha value is -1.42. The maximum absolute atomic E-state index is 13.4. The van der Waals surface area contributed by atoms with Crippen molar-refractivity contribution in [2.75, 3.05) is 26.8 Å². The van der Waals surface area contributed by atoms with E-state index in [0.717, 1.165) is 50.9 Å². The van der Waals surface area contributed by atoms with E-state index in [-0.39, 0.29) is 11.7 Å². The largest absolute Gasteiger partial charge is 0.385 e. The molecule has 0 saturated carbocycles. The van der Waals surface area contributed by atoms with Gasteiger partial charge in [0.25, 0.3) is 5.91 Å². The molecule has 1 aromatic rings. The molecule has 0 bridgehead atoms. The van der Waals surface area contributed by atoms with Gasteiger partial charge in [-0.25, -0.2) is 4.39 Å². The molecule has 21 heavy (non-hydrogen) atoms. The van der Waals surface area contributed by atoms with Gasteiger partial charge in [-0.1, -0.05) is 6.07 Å². The van der Waals surface area contributed by atoms with Crippen molar-refractivity contribution in [1.29, 1.82) is 0 Å². The summed E-state index contributed by atoms with van der Waals surface area (Å²) in [5.74, 6) is 0.146. The number of halogens is 1. The predicted molar refractivity (Wildman–Crippen MR) is 80.9 cm³/mol. The van der Waals surface area contributed by atoms with Crippen LogP contribution >= 0.6 is 0 Å². The van der Waals surface area contributed by atoms with Gasteiger partial charge in [-0.05, 0) is 56.2 Å². The highest BCUT2D eigenvalue weighted by molar-refractivity contribution is 5.95. The Morgan fingerprint density at radius 1 is 1.48 bits per heavy atom. The summed E-state index contributed by atoms with van der Waals surface area (Å²) < 4.78 is 18.5. The number of hydrogen-bond donors (Lipinski definition) is 0. The fourth-order valence-corrected chi connectivity index (χ4v) is 3.00. The third-order valence-electron chi connectivity index (χ3n) is 4.20. The van der Waals surface area contributed by atoms with E-state index in [0.29, 0.717) is 11.5 Å². The zero-order valence-electron chi connectivity index (χ0n) is 12.9. The topological polar surface area (TPSA) is 29.5 Å². The highest BCUT2D eigenvalue weighted by Gasteiger charge is 2.25. The van der Waals surface area contributed by atoms with Crippen LogP contribution in [0.2, 0.25) is 0 Å². The molecule has 3 nitrogen and oxygen atoms in total. The summed E-state index contributed by atoms with van der Waals surface area (Å²) >= 11 is 0. The first-order valence-electron chi connectivity index (χ1n) is 7.66. The number of amides is 1. The van der Waals surface area contributed by atoms with Gasteiger partial charge < -0.3 is 9.64 Å². The van der Waals surface area contributed by atoms with Gasteiger partial charge in [-0.15, -0.1) is 0 Å². The van der Waals surface area contributed by atoms with Crippen LogP contribution < -0.4 is 0 Å². The van der Waals surface area contributed by atoms with Crippen molar-refractivity contribution < 1.29 is 13.9 Å². The molecule has 1 aliphatic heterocycles. The zero-order valence-corrected chi connectivity index (χ0v) is 12.9. The SMILES string of the molecule is COCCC[C@H]1CCCN(C(=O)c2cc(F)ccc2C)C1. The van der Waals surface area contributed by atoms with Gasteiger partial charge in [-0.2, -0.15) is 0 Å². The van der Waals surface area contributed by atoms with E-state index in [1.54, 1.807) is 13.2 Å². The smallest absolute Gasteiger partial charge is 0.254 e. The third kappa shape index (κ3) is 4.27. The molecule has 0 aromatic heterocycles. The van der Waals surface area contributed by atoms with Gasteiger partial charge in [0.15, 0.2) is 0 Å². The van der Waals surface area contributed by atoms with Crippen molar-refractivity contribution in [1.82, 2.24) is 4.90 Å². The Bertz CT molecular complexity index is 490. The average molecular weight is 293 g/mol. The average Bonchev–Trinajstić information content (AvgIpc) is 2.49. The Morgan fingerprint density at radius 2 is 2.29 bits per heavy atom. The van der Waals surface area contributed by atoms with Crippen LogP contribution in [0.3, 0.4) is 0 Å². The summed E-state index contributed by atoms with van der Waals surface area (Å²) in [6.07, 6.45) is 4.30. The van der Waals surface area contributed by atoms with Crippen molar-refractivity contribution in [2.45, 2.75) is 32.6 Å². The summed E-state index contributed by atoms with van der Waals surface area (Å²) in [6.45, 7) is 4.17. The van der Waals surface area contributed by atoms with Crippen LogP contribution in [0.4, 0.5) is 4.39 Å². The number of likely N-dealkylation sites (tertiary alicyclic amines) is 1. The number of nitrogens with zero attached hydrogens (tertiary/aromatic N) is 1. The molecule has 1 aliphatic rings. The van der Waals surface area contributed by atoms with Gasteiger partial charge >= 0.3 is 0 Å². The Kier molecular flexibility index (Phi) is 5.74. The lowest BCUT2D eigenvalue weighted by Gasteiger charge is -2.33. The minimum absolute atomic E-state index is 0.0385. The lowest BCUT2D eigenvalue weighted by molar-refractivity contribution is 0.0659. The molecule has 0 aliphatic carbocycles. The normalized spacial score (nSPS) is 18.8. The second kappa shape index (κ2) is 7.55. The van der Waals surface area contributed by atoms with Crippen LogP contribution in [0.1, 0.15) is 41.6 Å². The van der Waals surface area contributed by atoms with Crippen molar-refractivity contribution in [2.24, 2.45) is 5.92 Å². The quantitative estimate of drug-likeness (QED) is 0.779. The van der Waals surface area contributed by atoms with Crippen LogP contribution in [0.15, 0.2) is 18.2 Å². The number of methoxy groups -OCH3 is 1. The lowest BCUT2D eigenvalue weighted by Crippen LogP contribution is -2.40. The summed E-state index contributed by atoms with van der Waals surface area (Å²) in [6, 6.07) is 4.42. The molecule has 1 fully saturated rings. The molecule has 1 saturated heterocycles. The number of rotatable bonds is 5. The summed E-state index contributed by atoms with van der Waals surface area (Å²) in [5.41, 5.74) is 1.33. The van der Waals surface area contributed by atoms with E-state index in [1.165, 1.54) is 12.1 Å². The second-order valence-electron chi connectivity index (χ2n) is 5.85. The van der Waals surface area contributed by atoms with Crippen molar-refractivity contribution in [3.63, 3.8) is 0 Å². The molecular weight excluding hydrogens is 269 g/mol. The standard InChI is InChI=1S/C17H24FNO2/c1-13-7-8-15(18)11-16(13)17(20)19-9-3-5-14(12-19)6-4-10-21-2/h7-8,11,14H,3-6,9-10,12H2,1-2H3/t14-/m1/s1. The lowest BCUT2D eigenvalue weighted by atomic mass is 9.93. The number of aryl methyl sites for hydroxylation is 1. The number of benzene rings is 1. The van der Waals surface area contributed by atoms with E-state index >= 15 is 0 Å². The molecule has 116 valence electrons. The molecule has 1 aromatic carbocycles. The Labute approximate surface area is 126 Å². The minimum atomic E-state index is -0.349. The molecule has 1 amide bonds. The monoisotopic (exact) mass is 293 g/mol. The predicted octanol–water partition coefficient (Wildman–Crippen LogP) is 3.41. The molecule has 0 N–H and O–H groups in total. The molecule has 4 heteroatoms. The van der Waals surface area contributed by atoms with E-state index in [1.807, 2.05) is 11.8 Å². The number of carbonyl (C=O) groups excluding carboxylic acids is 1. The number of ether oxygens (including phenoxy) is 1. The van der Waals surface area contributed by atoms with Gasteiger partial charge in [0, 0.05) is 32.4 Å². The molecular formula is C17H24FNO2. The maximum Gasteiger partial charge on any atom is 0.254 e. The second-order valence-corrected chi connectivity index (χ2v) is 5.85. The van der Waals surface area contributed by atoms with Gasteiger partial charge in [-0.3, -0.25) is 4.79 Å². The van der Waals surface area contributed by atoms with E-state index in [2.05, 4.69) is 0 Å². The first-order chi connectivity index (χ1) is 10.1. The van der Waals surface area contributed by atoms with Crippen LogP contribution in [0.5, 0.6) is 0 Å². The third-order valence-corrected chi connectivity index (χ3v) is 4.20. The summed E-state index contributed by atoms with van der Waals surface area (Å²) in [7, 11) is 1.71. The van der Waals surface area contributed by atoms with E-state index < -0.39 is 0 Å². The van der Waals surface area contributed by atoms with E-state index in [9.17, 15) is 9.18 Å². The van der Waals surface area contributed by atoms with Crippen LogP contribution in [0, 0.1) is 18.7 Å². The van der Waals surface area contributed by atoms with Gasteiger partial charge in [0.1, 0.15) is 5.82 Å². The number of hydrogen-bond acceptors (Lipinski definition) is 2. The molecule has 0 unspecified atom stereocenters. The fourth-order valence-electron chi connectivity index (χ4n) is 3.00. The molecule has 2 rings (SSSR count). The maximum atomic E-state index is 13.4. The van der Waals surface area contributed by atoms with Crippen LogP contribution in [0.25, 0.3) is 0 Å². The molecule has 1 heterocycles. The number of carbonyl (C=O) groups is 1. The Morgan fingerprint density at radius 3 is 3.05 bits per heavy atom. The highest BCUT2D eigenvalue weighted by atomic mass is 19.1. The summed E-state index contributed by atoms with van der Waals surface area (Å²) in [5, 5.41) is 0. The van der Waals surface area contributed by atoms with Crippen molar-refractivity contribution >= 4 is 5.91 Å². The van der Waals surface area contributed by atoms with Crippen molar-refractivity contribution in [3.05, 3.63) is 35.1 Å². The fraction of sp³-hybridized carbons (Fsp3) is 0.588. The Balaban J connectivity index is 2.00. The highest BCUT2D eigenvalue weighted by Crippen LogP contribution is 2.23. The van der Waals surface area contributed by atoms with Crippen LogP contribution in [-0.2, 0) is 4.74 Å². The van der Waals surface area contributed by atoms with E-state index in [4.69, 9.17) is 4.74 Å². The molecule has 0 spiro atoms.